The molecule has 1 aliphatic rings. The van der Waals surface area contributed by atoms with Crippen molar-refractivity contribution >= 4 is 29.9 Å². The number of nitrogens with one attached hydrogen (secondary N) is 2. The van der Waals surface area contributed by atoms with Gasteiger partial charge in [-0.15, -0.1) is 24.0 Å². The highest BCUT2D eigenvalue weighted by molar-refractivity contribution is 14.0. The largest absolute Gasteiger partial charge is 0.496 e. The SMILES string of the molecule is CN=C(NCc1ccnn1C)NCC(c1ccccc1OC)N1CCCC1.I. The van der Waals surface area contributed by atoms with Gasteiger partial charge in [0.2, 0.25) is 0 Å². The van der Waals surface area contributed by atoms with Crippen LogP contribution >= 0.6 is 24.0 Å². The van der Waals surface area contributed by atoms with Gasteiger partial charge in [-0.25, -0.2) is 0 Å². The third kappa shape index (κ3) is 5.60. The fraction of sp³-hybridized carbons (Fsp3) is 0.500. The molecule has 7 nitrogen and oxygen atoms in total. The van der Waals surface area contributed by atoms with Gasteiger partial charge in [-0.2, -0.15) is 5.10 Å². The van der Waals surface area contributed by atoms with Gasteiger partial charge in [0.25, 0.3) is 0 Å². The average Bonchev–Trinajstić information content (AvgIpc) is 3.37. The zero-order valence-corrected chi connectivity index (χ0v) is 19.2. The molecule has 1 unspecified atom stereocenters. The van der Waals surface area contributed by atoms with Crippen LogP contribution in [0, 0.1) is 0 Å². The van der Waals surface area contributed by atoms with Crippen molar-refractivity contribution in [3.63, 3.8) is 0 Å². The summed E-state index contributed by atoms with van der Waals surface area (Å²) < 4.78 is 7.48. The molecule has 0 amide bonds. The Morgan fingerprint density at radius 3 is 2.61 bits per heavy atom. The van der Waals surface area contributed by atoms with Crippen molar-refractivity contribution in [1.82, 2.24) is 25.3 Å². The van der Waals surface area contributed by atoms with Crippen molar-refractivity contribution < 1.29 is 4.74 Å². The zero-order valence-electron chi connectivity index (χ0n) is 16.9. The van der Waals surface area contributed by atoms with E-state index in [1.807, 2.05) is 29.9 Å². The summed E-state index contributed by atoms with van der Waals surface area (Å²) in [6.45, 7) is 3.68. The number of aryl methyl sites for hydroxylation is 1. The molecule has 0 aliphatic carbocycles. The Kier molecular flexibility index (Phi) is 9.04. The molecule has 2 N–H and O–H groups in total. The molecule has 1 aromatic heterocycles. The molecule has 28 heavy (non-hydrogen) atoms. The van der Waals surface area contributed by atoms with Crippen LogP contribution < -0.4 is 15.4 Å². The lowest BCUT2D eigenvalue weighted by Gasteiger charge is -2.30. The molecule has 1 aromatic carbocycles. The first-order valence-electron chi connectivity index (χ1n) is 9.51. The first-order valence-corrected chi connectivity index (χ1v) is 9.51. The Morgan fingerprint density at radius 1 is 1.21 bits per heavy atom. The maximum atomic E-state index is 5.62. The van der Waals surface area contributed by atoms with Gasteiger partial charge >= 0.3 is 0 Å². The number of hydrogen-bond donors (Lipinski definition) is 2. The smallest absolute Gasteiger partial charge is 0.191 e. The molecule has 8 heteroatoms. The van der Waals surface area contributed by atoms with Crippen LogP contribution in [0.2, 0.25) is 0 Å². The number of para-hydroxylation sites is 1. The van der Waals surface area contributed by atoms with E-state index in [4.69, 9.17) is 4.74 Å². The highest BCUT2D eigenvalue weighted by Crippen LogP contribution is 2.31. The molecule has 0 radical (unpaired) electrons. The van der Waals surface area contributed by atoms with Gasteiger partial charge in [0.05, 0.1) is 25.4 Å². The van der Waals surface area contributed by atoms with Crippen molar-refractivity contribution in [3.05, 3.63) is 47.8 Å². The van der Waals surface area contributed by atoms with Gasteiger partial charge in [-0.05, 0) is 38.1 Å². The number of aromatic nitrogens is 2. The topological polar surface area (TPSA) is 66.7 Å². The van der Waals surface area contributed by atoms with E-state index in [2.05, 4.69) is 37.8 Å². The standard InChI is InChI=1S/C20H30N6O.HI/c1-21-20(22-14-16-10-11-24-25(16)2)23-15-18(26-12-6-7-13-26)17-8-4-5-9-19(17)27-3;/h4-5,8-11,18H,6-7,12-15H2,1-3H3,(H2,21,22,23);1H. The molecule has 2 heterocycles. The lowest BCUT2D eigenvalue weighted by Crippen LogP contribution is -2.42. The van der Waals surface area contributed by atoms with Gasteiger partial charge in [-0.3, -0.25) is 14.6 Å². The number of halogens is 1. The summed E-state index contributed by atoms with van der Waals surface area (Å²) in [4.78, 5) is 6.89. The minimum Gasteiger partial charge on any atom is -0.496 e. The molecule has 154 valence electrons. The second kappa shape index (κ2) is 11.3. The van der Waals surface area contributed by atoms with Crippen LogP contribution in [0.1, 0.15) is 30.1 Å². The minimum atomic E-state index is 0. The van der Waals surface area contributed by atoms with E-state index in [0.29, 0.717) is 6.54 Å². The fourth-order valence-electron chi connectivity index (χ4n) is 3.59. The summed E-state index contributed by atoms with van der Waals surface area (Å²) in [5.41, 5.74) is 2.33. The van der Waals surface area contributed by atoms with E-state index in [1.165, 1.54) is 18.4 Å². The number of benzene rings is 1. The second-order valence-corrected chi connectivity index (χ2v) is 6.75. The highest BCUT2D eigenvalue weighted by atomic mass is 127. The molecule has 1 atom stereocenters. The van der Waals surface area contributed by atoms with E-state index in [9.17, 15) is 0 Å². The van der Waals surface area contributed by atoms with Gasteiger partial charge < -0.3 is 15.4 Å². The van der Waals surface area contributed by atoms with E-state index in [1.54, 1.807) is 20.4 Å². The van der Waals surface area contributed by atoms with Crippen molar-refractivity contribution in [2.75, 3.05) is 33.8 Å². The number of methoxy groups -OCH3 is 1. The number of rotatable bonds is 7. The molecule has 0 bridgehead atoms. The molecule has 1 saturated heterocycles. The van der Waals surface area contributed by atoms with Crippen LogP contribution in [0.5, 0.6) is 5.75 Å². The molecule has 3 rings (SSSR count). The molecule has 0 saturated carbocycles. The number of ether oxygens (including phenoxy) is 1. The monoisotopic (exact) mass is 498 g/mol. The summed E-state index contributed by atoms with van der Waals surface area (Å²) in [6.07, 6.45) is 4.30. The van der Waals surface area contributed by atoms with E-state index >= 15 is 0 Å². The van der Waals surface area contributed by atoms with Gasteiger partial charge in [0, 0.05) is 32.4 Å². The lowest BCUT2D eigenvalue weighted by molar-refractivity contribution is 0.239. The maximum absolute atomic E-state index is 5.62. The van der Waals surface area contributed by atoms with Crippen LogP contribution in [0.15, 0.2) is 41.5 Å². The molecule has 1 aliphatic heterocycles. The van der Waals surface area contributed by atoms with Crippen LogP contribution in [0.25, 0.3) is 0 Å². The van der Waals surface area contributed by atoms with E-state index in [0.717, 1.165) is 37.0 Å². The highest BCUT2D eigenvalue weighted by Gasteiger charge is 2.26. The van der Waals surface area contributed by atoms with Crippen molar-refractivity contribution in [1.29, 1.82) is 0 Å². The minimum absolute atomic E-state index is 0. The number of likely N-dealkylation sites (tertiary alicyclic amines) is 1. The Balaban J connectivity index is 0.00000280. The summed E-state index contributed by atoms with van der Waals surface area (Å²) in [5, 5.41) is 11.1. The predicted molar refractivity (Wildman–Crippen MR) is 123 cm³/mol. The number of nitrogens with zero attached hydrogens (tertiary/aromatic N) is 4. The summed E-state index contributed by atoms with van der Waals surface area (Å²) in [7, 11) is 5.48. The summed E-state index contributed by atoms with van der Waals surface area (Å²) in [6, 6.07) is 10.5. The molecular formula is C20H31IN6O. The van der Waals surface area contributed by atoms with Crippen LogP contribution in [0.4, 0.5) is 0 Å². The third-order valence-electron chi connectivity index (χ3n) is 5.13. The summed E-state index contributed by atoms with van der Waals surface area (Å²) >= 11 is 0. The lowest BCUT2D eigenvalue weighted by atomic mass is 10.0. The molecular weight excluding hydrogens is 467 g/mol. The maximum Gasteiger partial charge on any atom is 0.191 e. The van der Waals surface area contributed by atoms with Crippen LogP contribution in [0.3, 0.4) is 0 Å². The third-order valence-corrected chi connectivity index (χ3v) is 5.13. The average molecular weight is 498 g/mol. The van der Waals surface area contributed by atoms with Crippen molar-refractivity contribution in [2.24, 2.45) is 12.0 Å². The normalized spacial score (nSPS) is 15.8. The quantitative estimate of drug-likeness (QED) is 0.349. The Hall–Kier alpha value is -1.81. The Labute approximate surface area is 184 Å². The first kappa shape index (κ1) is 22.5. The van der Waals surface area contributed by atoms with Crippen molar-refractivity contribution in [3.8, 4) is 5.75 Å². The van der Waals surface area contributed by atoms with Crippen LogP contribution in [-0.4, -0.2) is 54.4 Å². The van der Waals surface area contributed by atoms with Gasteiger partial charge in [-0.1, -0.05) is 18.2 Å². The second-order valence-electron chi connectivity index (χ2n) is 6.75. The zero-order chi connectivity index (χ0) is 19.1. The van der Waals surface area contributed by atoms with Gasteiger partial charge in [0.15, 0.2) is 5.96 Å². The fourth-order valence-corrected chi connectivity index (χ4v) is 3.59. The van der Waals surface area contributed by atoms with Crippen molar-refractivity contribution in [2.45, 2.75) is 25.4 Å². The molecule has 0 spiro atoms. The van der Waals surface area contributed by atoms with Gasteiger partial charge in [0.1, 0.15) is 5.75 Å². The predicted octanol–water partition coefficient (Wildman–Crippen LogP) is 2.55. The van der Waals surface area contributed by atoms with E-state index in [-0.39, 0.29) is 30.0 Å². The Morgan fingerprint density at radius 2 is 1.96 bits per heavy atom. The number of hydrogen-bond acceptors (Lipinski definition) is 4. The summed E-state index contributed by atoms with van der Waals surface area (Å²) in [5.74, 6) is 1.73. The number of guanidine groups is 1. The van der Waals surface area contributed by atoms with Crippen LogP contribution in [-0.2, 0) is 13.6 Å². The number of aliphatic imine (C=N–C) groups is 1. The molecule has 1 fully saturated rings. The van der Waals surface area contributed by atoms with E-state index < -0.39 is 0 Å². The Bertz CT molecular complexity index is 757. The first-order chi connectivity index (χ1) is 13.2. The molecule has 2 aromatic rings.